The molecule has 2 rings (SSSR count). The zero-order chi connectivity index (χ0) is 11.5. The Morgan fingerprint density at radius 3 is 2.81 bits per heavy atom. The number of ether oxygens (including phenoxy) is 1. The molecule has 5 heteroatoms. The Labute approximate surface area is 96.9 Å². The van der Waals surface area contributed by atoms with Crippen LogP contribution in [0.15, 0.2) is 30.6 Å². The number of aryl methyl sites for hydroxylation is 1. The van der Waals surface area contributed by atoms with E-state index in [2.05, 4.69) is 9.97 Å². The average Bonchev–Trinajstić information content (AvgIpc) is 2.24. The molecule has 16 heavy (non-hydrogen) atoms. The van der Waals surface area contributed by atoms with Crippen molar-refractivity contribution in [2.45, 2.75) is 6.92 Å². The number of benzene rings is 1. The zero-order valence-corrected chi connectivity index (χ0v) is 9.20. The molecule has 1 aromatic carbocycles. The summed E-state index contributed by atoms with van der Waals surface area (Å²) in [4.78, 5) is 7.13. The fourth-order valence-corrected chi connectivity index (χ4v) is 1.33. The Hall–Kier alpha value is -1.68. The summed E-state index contributed by atoms with van der Waals surface area (Å²) in [5, 5.41) is 0.551. The van der Waals surface area contributed by atoms with E-state index in [0.717, 1.165) is 18.0 Å². The Balaban J connectivity index is 2.30. The molecule has 0 unspecified atom stereocenters. The molecule has 82 valence electrons. The summed E-state index contributed by atoms with van der Waals surface area (Å²) >= 11 is 5.83. The average molecular weight is 239 g/mol. The second kappa shape index (κ2) is 4.45. The van der Waals surface area contributed by atoms with Crippen LogP contribution in [0, 0.1) is 12.9 Å². The van der Waals surface area contributed by atoms with E-state index < -0.39 is 5.95 Å². The number of rotatable bonds is 2. The molecule has 3 nitrogen and oxygen atoms in total. The Bertz CT molecular complexity index is 519. The molecule has 0 spiro atoms. The highest BCUT2D eigenvalue weighted by atomic mass is 35.5. The smallest absolute Gasteiger partial charge is 0.225 e. The monoisotopic (exact) mass is 238 g/mol. The van der Waals surface area contributed by atoms with Gasteiger partial charge in [0.15, 0.2) is 0 Å². The minimum Gasteiger partial charge on any atom is -0.438 e. The van der Waals surface area contributed by atoms with Crippen LogP contribution in [0.4, 0.5) is 4.39 Å². The molecule has 0 amide bonds. The van der Waals surface area contributed by atoms with Gasteiger partial charge in [-0.05, 0) is 24.6 Å². The van der Waals surface area contributed by atoms with Crippen molar-refractivity contribution in [3.05, 3.63) is 47.1 Å². The van der Waals surface area contributed by atoms with Crippen LogP contribution in [0.1, 0.15) is 5.56 Å². The normalized spacial score (nSPS) is 10.2. The van der Waals surface area contributed by atoms with Crippen LogP contribution in [0.25, 0.3) is 0 Å². The fraction of sp³-hybridized carbons (Fsp3) is 0.0909. The summed E-state index contributed by atoms with van der Waals surface area (Å²) in [5.74, 6) is 0.0631. The lowest BCUT2D eigenvalue weighted by Crippen LogP contribution is -1.92. The van der Waals surface area contributed by atoms with Crippen LogP contribution in [0.5, 0.6) is 11.6 Å². The lowest BCUT2D eigenvalue weighted by molar-refractivity contribution is 0.447. The van der Waals surface area contributed by atoms with Crippen molar-refractivity contribution in [3.63, 3.8) is 0 Å². The van der Waals surface area contributed by atoms with Crippen molar-refractivity contribution >= 4 is 11.6 Å². The Morgan fingerprint density at radius 2 is 2.06 bits per heavy atom. The first-order valence-corrected chi connectivity index (χ1v) is 4.94. The molecule has 0 aliphatic rings. The zero-order valence-electron chi connectivity index (χ0n) is 8.45. The lowest BCUT2D eigenvalue weighted by Gasteiger charge is -2.07. The predicted octanol–water partition coefficient (Wildman–Crippen LogP) is 3.37. The van der Waals surface area contributed by atoms with Gasteiger partial charge in [-0.3, -0.25) is 0 Å². The maximum atomic E-state index is 12.8. The highest BCUT2D eigenvalue weighted by Crippen LogP contribution is 2.26. The molecule has 0 saturated heterocycles. The summed E-state index contributed by atoms with van der Waals surface area (Å²) in [7, 11) is 0. The van der Waals surface area contributed by atoms with Gasteiger partial charge in [0, 0.05) is 5.02 Å². The SMILES string of the molecule is Cc1ccc(Cl)cc1Oc1cc(F)ncn1. The van der Waals surface area contributed by atoms with Crippen molar-refractivity contribution in [3.8, 4) is 11.6 Å². The first-order chi connectivity index (χ1) is 7.65. The molecule has 0 N–H and O–H groups in total. The van der Waals surface area contributed by atoms with Crippen LogP contribution in [0.2, 0.25) is 5.02 Å². The minimum atomic E-state index is -0.635. The third-order valence-corrected chi connectivity index (χ3v) is 2.21. The molecule has 0 bridgehead atoms. The van der Waals surface area contributed by atoms with E-state index in [-0.39, 0.29) is 5.88 Å². The topological polar surface area (TPSA) is 35.0 Å². The van der Waals surface area contributed by atoms with Gasteiger partial charge in [-0.1, -0.05) is 17.7 Å². The largest absolute Gasteiger partial charge is 0.438 e. The Kier molecular flexibility index (Phi) is 3.01. The van der Waals surface area contributed by atoms with Crippen molar-refractivity contribution < 1.29 is 9.13 Å². The van der Waals surface area contributed by atoms with E-state index in [1.165, 1.54) is 0 Å². The standard InChI is InChI=1S/C11H8ClFN2O/c1-7-2-3-8(12)4-9(7)16-11-5-10(13)14-6-15-11/h2-6H,1H3. The molecule has 1 aromatic heterocycles. The van der Waals surface area contributed by atoms with Gasteiger partial charge >= 0.3 is 0 Å². The van der Waals surface area contributed by atoms with Gasteiger partial charge in [0.05, 0.1) is 6.07 Å². The van der Waals surface area contributed by atoms with Crippen LogP contribution in [-0.4, -0.2) is 9.97 Å². The summed E-state index contributed by atoms with van der Waals surface area (Å²) < 4.78 is 18.2. The van der Waals surface area contributed by atoms with Crippen molar-refractivity contribution in [1.29, 1.82) is 0 Å². The summed E-state index contributed by atoms with van der Waals surface area (Å²) in [6.45, 7) is 1.86. The fourth-order valence-electron chi connectivity index (χ4n) is 1.17. The first kappa shape index (κ1) is 10.8. The molecular weight excluding hydrogens is 231 g/mol. The molecule has 2 aromatic rings. The quantitative estimate of drug-likeness (QED) is 0.753. The number of hydrogen-bond acceptors (Lipinski definition) is 3. The number of nitrogens with zero attached hydrogens (tertiary/aromatic N) is 2. The highest BCUT2D eigenvalue weighted by Gasteiger charge is 2.04. The lowest BCUT2D eigenvalue weighted by atomic mass is 10.2. The Morgan fingerprint density at radius 1 is 1.25 bits per heavy atom. The van der Waals surface area contributed by atoms with Gasteiger partial charge in [0.2, 0.25) is 11.8 Å². The summed E-state index contributed by atoms with van der Waals surface area (Å²) in [6, 6.07) is 6.33. The maximum Gasteiger partial charge on any atom is 0.225 e. The van der Waals surface area contributed by atoms with Gasteiger partial charge in [-0.15, -0.1) is 0 Å². The van der Waals surface area contributed by atoms with E-state index in [9.17, 15) is 4.39 Å². The van der Waals surface area contributed by atoms with Gasteiger partial charge in [-0.2, -0.15) is 4.39 Å². The van der Waals surface area contributed by atoms with E-state index in [4.69, 9.17) is 16.3 Å². The second-order valence-electron chi connectivity index (χ2n) is 3.19. The van der Waals surface area contributed by atoms with Gasteiger partial charge in [-0.25, -0.2) is 9.97 Å². The van der Waals surface area contributed by atoms with Crippen LogP contribution >= 0.6 is 11.6 Å². The molecule has 0 radical (unpaired) electrons. The third kappa shape index (κ3) is 2.46. The summed E-state index contributed by atoms with van der Waals surface area (Å²) in [6.07, 6.45) is 1.10. The van der Waals surface area contributed by atoms with Crippen molar-refractivity contribution in [2.24, 2.45) is 0 Å². The predicted molar refractivity (Wildman–Crippen MR) is 58.3 cm³/mol. The molecular formula is C11H8ClFN2O. The van der Waals surface area contributed by atoms with Crippen molar-refractivity contribution in [2.75, 3.05) is 0 Å². The molecule has 0 aliphatic heterocycles. The highest BCUT2D eigenvalue weighted by molar-refractivity contribution is 6.30. The van der Waals surface area contributed by atoms with Gasteiger partial charge in [0.25, 0.3) is 0 Å². The number of aromatic nitrogens is 2. The third-order valence-electron chi connectivity index (χ3n) is 1.97. The van der Waals surface area contributed by atoms with E-state index in [0.29, 0.717) is 10.8 Å². The number of hydrogen-bond donors (Lipinski definition) is 0. The van der Waals surface area contributed by atoms with Gasteiger partial charge in [0.1, 0.15) is 12.1 Å². The maximum absolute atomic E-state index is 12.8. The van der Waals surface area contributed by atoms with Crippen molar-refractivity contribution in [1.82, 2.24) is 9.97 Å². The molecule has 0 fully saturated rings. The molecule has 0 atom stereocenters. The van der Waals surface area contributed by atoms with E-state index in [1.807, 2.05) is 13.0 Å². The molecule has 0 saturated carbocycles. The summed E-state index contributed by atoms with van der Waals surface area (Å²) in [5.41, 5.74) is 0.892. The van der Waals surface area contributed by atoms with Crippen LogP contribution in [0.3, 0.4) is 0 Å². The van der Waals surface area contributed by atoms with Crippen LogP contribution < -0.4 is 4.74 Å². The van der Waals surface area contributed by atoms with E-state index in [1.54, 1.807) is 12.1 Å². The van der Waals surface area contributed by atoms with E-state index >= 15 is 0 Å². The minimum absolute atomic E-state index is 0.151. The number of halogens is 2. The van der Waals surface area contributed by atoms with Crippen LogP contribution in [-0.2, 0) is 0 Å². The van der Waals surface area contributed by atoms with Gasteiger partial charge < -0.3 is 4.74 Å². The first-order valence-electron chi connectivity index (χ1n) is 4.57. The molecule has 0 aliphatic carbocycles. The second-order valence-corrected chi connectivity index (χ2v) is 3.63. The molecule has 1 heterocycles.